The van der Waals surface area contributed by atoms with Crippen LogP contribution in [0.4, 0.5) is 5.13 Å². The highest BCUT2D eigenvalue weighted by Crippen LogP contribution is 2.15. The minimum absolute atomic E-state index is 0.00690. The first-order valence-electron chi connectivity index (χ1n) is 6.51. The van der Waals surface area contributed by atoms with Gasteiger partial charge in [0.1, 0.15) is 5.65 Å². The molecule has 3 heterocycles. The van der Waals surface area contributed by atoms with E-state index in [4.69, 9.17) is 0 Å². The molecule has 1 amide bonds. The summed E-state index contributed by atoms with van der Waals surface area (Å²) in [4.78, 5) is 20.2. The molecule has 0 aliphatic carbocycles. The highest BCUT2D eigenvalue weighted by atomic mass is 32.2. The zero-order valence-corrected chi connectivity index (χ0v) is 12.9. The first-order valence-corrected chi connectivity index (χ1v) is 8.54. The van der Waals surface area contributed by atoms with Gasteiger partial charge in [0.2, 0.25) is 5.91 Å². The molecule has 0 atom stereocenters. The van der Waals surface area contributed by atoms with Gasteiger partial charge in [-0.1, -0.05) is 6.07 Å². The van der Waals surface area contributed by atoms with Crippen molar-refractivity contribution in [2.75, 3.05) is 11.1 Å². The number of carbonyl (C=O) groups is 1. The van der Waals surface area contributed by atoms with E-state index in [0.29, 0.717) is 11.6 Å². The van der Waals surface area contributed by atoms with E-state index >= 15 is 0 Å². The number of anilines is 1. The molecule has 3 rings (SSSR count). The summed E-state index contributed by atoms with van der Waals surface area (Å²) in [5.74, 6) is 1.59. The molecule has 0 aliphatic heterocycles. The molecule has 7 heteroatoms. The fourth-order valence-corrected chi connectivity index (χ4v) is 3.23. The minimum Gasteiger partial charge on any atom is -0.307 e. The Labute approximate surface area is 130 Å². The normalized spacial score (nSPS) is 10.9. The zero-order chi connectivity index (χ0) is 14.5. The lowest BCUT2D eigenvalue weighted by Gasteiger charge is -2.01. The molecule has 0 saturated carbocycles. The van der Waals surface area contributed by atoms with Crippen LogP contribution in [-0.4, -0.2) is 26.0 Å². The second-order valence-electron chi connectivity index (χ2n) is 4.39. The molecule has 5 nitrogen and oxygen atoms in total. The molecule has 0 fully saturated rings. The van der Waals surface area contributed by atoms with Crippen LogP contribution in [0.1, 0.15) is 12.1 Å². The zero-order valence-electron chi connectivity index (χ0n) is 11.2. The number of nitrogens with one attached hydrogen (secondary N) is 1. The number of rotatable bonds is 6. The third kappa shape index (κ3) is 3.83. The number of imidazole rings is 1. The molecule has 0 radical (unpaired) electrons. The summed E-state index contributed by atoms with van der Waals surface area (Å²) in [5.41, 5.74) is 1.99. The number of fused-ring (bicyclic) bond motifs is 1. The summed E-state index contributed by atoms with van der Waals surface area (Å²) in [7, 11) is 0. The van der Waals surface area contributed by atoms with Crippen molar-refractivity contribution in [1.29, 1.82) is 0 Å². The molecule has 21 heavy (non-hydrogen) atoms. The Kier molecular flexibility index (Phi) is 4.52. The van der Waals surface area contributed by atoms with Crippen LogP contribution >= 0.6 is 23.1 Å². The number of pyridine rings is 1. The van der Waals surface area contributed by atoms with Crippen molar-refractivity contribution in [3.05, 3.63) is 47.9 Å². The largest absolute Gasteiger partial charge is 0.307 e. The Morgan fingerprint density at radius 1 is 1.43 bits per heavy atom. The van der Waals surface area contributed by atoms with Crippen LogP contribution < -0.4 is 5.32 Å². The van der Waals surface area contributed by atoms with Crippen molar-refractivity contribution < 1.29 is 4.79 Å². The molecule has 3 aromatic heterocycles. The molecule has 3 aromatic rings. The highest BCUT2D eigenvalue weighted by molar-refractivity contribution is 7.98. The summed E-state index contributed by atoms with van der Waals surface area (Å²) in [6.07, 6.45) is 6.17. The lowest BCUT2D eigenvalue weighted by molar-refractivity contribution is -0.115. The predicted molar refractivity (Wildman–Crippen MR) is 86.7 cm³/mol. The third-order valence-electron chi connectivity index (χ3n) is 2.82. The number of hydrogen-bond donors (Lipinski definition) is 1. The summed E-state index contributed by atoms with van der Waals surface area (Å²) >= 11 is 3.14. The SMILES string of the molecule is O=C(CCSCc1cn2ccccc2n1)Nc1nccs1. The van der Waals surface area contributed by atoms with E-state index in [1.807, 2.05) is 40.4 Å². The topological polar surface area (TPSA) is 59.3 Å². The number of amides is 1. The highest BCUT2D eigenvalue weighted by Gasteiger charge is 2.05. The van der Waals surface area contributed by atoms with Crippen molar-refractivity contribution in [3.8, 4) is 0 Å². The van der Waals surface area contributed by atoms with Gasteiger partial charge in [0, 0.05) is 41.9 Å². The molecular formula is C14H14N4OS2. The minimum atomic E-state index is 0.00690. The Bertz CT molecular complexity index is 690. The molecular weight excluding hydrogens is 304 g/mol. The quantitative estimate of drug-likeness (QED) is 0.710. The molecule has 0 spiro atoms. The molecule has 108 valence electrons. The molecule has 0 saturated heterocycles. The van der Waals surface area contributed by atoms with Gasteiger partial charge in [-0.3, -0.25) is 4.79 Å². The van der Waals surface area contributed by atoms with E-state index in [2.05, 4.69) is 15.3 Å². The van der Waals surface area contributed by atoms with Crippen LogP contribution in [0.2, 0.25) is 0 Å². The van der Waals surface area contributed by atoms with Crippen molar-refractivity contribution in [3.63, 3.8) is 0 Å². The Morgan fingerprint density at radius 2 is 2.38 bits per heavy atom. The second kappa shape index (κ2) is 6.73. The maximum absolute atomic E-state index is 11.7. The van der Waals surface area contributed by atoms with Gasteiger partial charge in [0.25, 0.3) is 0 Å². The Morgan fingerprint density at radius 3 is 3.19 bits per heavy atom. The van der Waals surface area contributed by atoms with Crippen molar-refractivity contribution in [2.45, 2.75) is 12.2 Å². The average Bonchev–Trinajstić information content (AvgIpc) is 3.12. The van der Waals surface area contributed by atoms with E-state index in [0.717, 1.165) is 22.8 Å². The predicted octanol–water partition coefficient (Wildman–Crippen LogP) is 3.05. The average molecular weight is 318 g/mol. The maximum atomic E-state index is 11.7. The van der Waals surface area contributed by atoms with Crippen LogP contribution in [0.3, 0.4) is 0 Å². The number of nitrogens with zero attached hydrogens (tertiary/aromatic N) is 3. The van der Waals surface area contributed by atoms with E-state index in [9.17, 15) is 4.79 Å². The Balaban J connectivity index is 1.42. The smallest absolute Gasteiger partial charge is 0.226 e. The van der Waals surface area contributed by atoms with Gasteiger partial charge in [-0.15, -0.1) is 11.3 Å². The van der Waals surface area contributed by atoms with Crippen molar-refractivity contribution in [2.24, 2.45) is 0 Å². The fourth-order valence-electron chi connectivity index (χ4n) is 1.87. The molecule has 0 unspecified atom stereocenters. The van der Waals surface area contributed by atoms with Gasteiger partial charge in [0.05, 0.1) is 5.69 Å². The first kappa shape index (κ1) is 14.1. The number of aromatic nitrogens is 3. The van der Waals surface area contributed by atoms with Gasteiger partial charge in [-0.2, -0.15) is 11.8 Å². The Hall–Kier alpha value is -1.86. The molecule has 0 aliphatic rings. The van der Waals surface area contributed by atoms with Gasteiger partial charge in [-0.25, -0.2) is 9.97 Å². The van der Waals surface area contributed by atoms with E-state index in [1.165, 1.54) is 11.3 Å². The van der Waals surface area contributed by atoms with Crippen LogP contribution in [0.5, 0.6) is 0 Å². The van der Waals surface area contributed by atoms with Crippen LogP contribution in [0.25, 0.3) is 5.65 Å². The van der Waals surface area contributed by atoms with Crippen LogP contribution in [-0.2, 0) is 10.5 Å². The summed E-state index contributed by atoms with van der Waals surface area (Å²) in [6.45, 7) is 0. The first-order chi connectivity index (χ1) is 10.3. The second-order valence-corrected chi connectivity index (χ2v) is 6.39. The van der Waals surface area contributed by atoms with Gasteiger partial charge < -0.3 is 9.72 Å². The number of thiazole rings is 1. The van der Waals surface area contributed by atoms with E-state index < -0.39 is 0 Å². The van der Waals surface area contributed by atoms with Gasteiger partial charge >= 0.3 is 0 Å². The van der Waals surface area contributed by atoms with Crippen LogP contribution in [0, 0.1) is 0 Å². The lowest BCUT2D eigenvalue weighted by Crippen LogP contribution is -2.11. The van der Waals surface area contributed by atoms with Crippen molar-refractivity contribution in [1.82, 2.24) is 14.4 Å². The van der Waals surface area contributed by atoms with E-state index in [1.54, 1.807) is 18.0 Å². The number of thioether (sulfide) groups is 1. The van der Waals surface area contributed by atoms with Crippen LogP contribution in [0.15, 0.2) is 42.2 Å². The number of hydrogen-bond acceptors (Lipinski definition) is 5. The van der Waals surface area contributed by atoms with Crippen molar-refractivity contribution >= 4 is 39.8 Å². The summed E-state index contributed by atoms with van der Waals surface area (Å²) in [6, 6.07) is 5.94. The molecule has 1 N–H and O–H groups in total. The molecule has 0 bridgehead atoms. The number of carbonyl (C=O) groups excluding carboxylic acids is 1. The third-order valence-corrected chi connectivity index (χ3v) is 4.50. The maximum Gasteiger partial charge on any atom is 0.226 e. The fraction of sp³-hybridized carbons (Fsp3) is 0.214. The summed E-state index contributed by atoms with van der Waals surface area (Å²) in [5, 5.41) is 5.28. The summed E-state index contributed by atoms with van der Waals surface area (Å²) < 4.78 is 2.01. The monoisotopic (exact) mass is 318 g/mol. The van der Waals surface area contributed by atoms with Gasteiger partial charge in [0.15, 0.2) is 5.13 Å². The lowest BCUT2D eigenvalue weighted by atomic mass is 10.5. The van der Waals surface area contributed by atoms with Gasteiger partial charge in [-0.05, 0) is 12.1 Å². The standard InChI is InChI=1S/C14H14N4OS2/c19-13(17-14-15-5-8-21-14)4-7-20-10-11-9-18-6-2-1-3-12(18)16-11/h1-3,5-6,8-9H,4,7,10H2,(H,15,17,19). The molecule has 0 aromatic carbocycles. The van der Waals surface area contributed by atoms with E-state index in [-0.39, 0.29) is 5.91 Å².